The second-order valence-corrected chi connectivity index (χ2v) is 5.98. The fourth-order valence-electron chi connectivity index (χ4n) is 3.02. The van der Waals surface area contributed by atoms with Crippen molar-refractivity contribution >= 4 is 0 Å². The molecule has 21 heavy (non-hydrogen) atoms. The van der Waals surface area contributed by atoms with Crippen molar-refractivity contribution in [1.82, 2.24) is 14.9 Å². The molecule has 0 saturated heterocycles. The van der Waals surface area contributed by atoms with Gasteiger partial charge in [0.05, 0.1) is 6.04 Å². The standard InChI is InChI=1S/C18H27N3/c1-6-7-19-17(18-20-8-9-21(18)5)12-16-14(3)10-13(2)11-15(16)4/h8-11,17,19H,6-7,12H2,1-5H3. The van der Waals surface area contributed by atoms with E-state index in [9.17, 15) is 0 Å². The van der Waals surface area contributed by atoms with Crippen molar-refractivity contribution < 1.29 is 0 Å². The highest BCUT2D eigenvalue weighted by Gasteiger charge is 2.18. The van der Waals surface area contributed by atoms with Crippen molar-refractivity contribution in [3.8, 4) is 0 Å². The van der Waals surface area contributed by atoms with Gasteiger partial charge in [0.1, 0.15) is 5.82 Å². The van der Waals surface area contributed by atoms with E-state index in [-0.39, 0.29) is 6.04 Å². The van der Waals surface area contributed by atoms with Gasteiger partial charge in [0.15, 0.2) is 0 Å². The molecule has 0 aliphatic heterocycles. The number of benzene rings is 1. The van der Waals surface area contributed by atoms with Crippen molar-refractivity contribution in [2.24, 2.45) is 7.05 Å². The summed E-state index contributed by atoms with van der Waals surface area (Å²) >= 11 is 0. The molecule has 2 rings (SSSR count). The molecular formula is C18H27N3. The minimum absolute atomic E-state index is 0.269. The Bertz CT molecular complexity index is 575. The number of nitrogens with zero attached hydrogens (tertiary/aromatic N) is 2. The fraction of sp³-hybridized carbons (Fsp3) is 0.500. The summed E-state index contributed by atoms with van der Waals surface area (Å²) < 4.78 is 2.12. The van der Waals surface area contributed by atoms with Gasteiger partial charge in [0, 0.05) is 19.4 Å². The summed E-state index contributed by atoms with van der Waals surface area (Å²) in [5, 5.41) is 3.65. The lowest BCUT2D eigenvalue weighted by Crippen LogP contribution is -2.27. The van der Waals surface area contributed by atoms with E-state index in [1.807, 2.05) is 12.4 Å². The molecular weight excluding hydrogens is 258 g/mol. The maximum Gasteiger partial charge on any atom is 0.125 e. The molecule has 1 heterocycles. The van der Waals surface area contributed by atoms with Crippen LogP contribution in [0.1, 0.15) is 47.5 Å². The molecule has 3 nitrogen and oxygen atoms in total. The maximum atomic E-state index is 4.54. The average Bonchev–Trinajstić information content (AvgIpc) is 2.83. The zero-order valence-electron chi connectivity index (χ0n) is 13.9. The van der Waals surface area contributed by atoms with E-state index < -0.39 is 0 Å². The number of hydrogen-bond donors (Lipinski definition) is 1. The largest absolute Gasteiger partial charge is 0.337 e. The monoisotopic (exact) mass is 285 g/mol. The highest BCUT2D eigenvalue weighted by Crippen LogP contribution is 2.23. The van der Waals surface area contributed by atoms with Crippen LogP contribution in [-0.2, 0) is 13.5 Å². The van der Waals surface area contributed by atoms with Crippen LogP contribution in [-0.4, -0.2) is 16.1 Å². The number of aryl methyl sites for hydroxylation is 4. The van der Waals surface area contributed by atoms with Gasteiger partial charge in [0.25, 0.3) is 0 Å². The molecule has 3 heteroatoms. The summed E-state index contributed by atoms with van der Waals surface area (Å²) in [4.78, 5) is 4.54. The van der Waals surface area contributed by atoms with Crippen molar-refractivity contribution in [2.45, 2.75) is 46.6 Å². The zero-order chi connectivity index (χ0) is 15.4. The summed E-state index contributed by atoms with van der Waals surface area (Å²) in [7, 11) is 2.07. The van der Waals surface area contributed by atoms with Gasteiger partial charge in [-0.3, -0.25) is 0 Å². The van der Waals surface area contributed by atoms with E-state index in [0.717, 1.165) is 25.2 Å². The molecule has 114 valence electrons. The number of aromatic nitrogens is 2. The van der Waals surface area contributed by atoms with Gasteiger partial charge in [-0.05, 0) is 56.8 Å². The molecule has 2 aromatic rings. The number of imidazole rings is 1. The van der Waals surface area contributed by atoms with E-state index in [4.69, 9.17) is 0 Å². The molecule has 1 aromatic carbocycles. The minimum Gasteiger partial charge on any atom is -0.337 e. The van der Waals surface area contributed by atoms with Gasteiger partial charge in [-0.15, -0.1) is 0 Å². The fourth-order valence-corrected chi connectivity index (χ4v) is 3.02. The van der Waals surface area contributed by atoms with E-state index in [0.29, 0.717) is 0 Å². The van der Waals surface area contributed by atoms with Crippen molar-refractivity contribution in [3.05, 3.63) is 52.6 Å². The first-order valence-corrected chi connectivity index (χ1v) is 7.80. The number of rotatable bonds is 6. The third-order valence-corrected chi connectivity index (χ3v) is 4.06. The molecule has 0 radical (unpaired) electrons. The van der Waals surface area contributed by atoms with E-state index in [1.54, 1.807) is 0 Å². The topological polar surface area (TPSA) is 29.9 Å². The average molecular weight is 285 g/mol. The van der Waals surface area contributed by atoms with Crippen molar-refractivity contribution in [1.29, 1.82) is 0 Å². The predicted octanol–water partition coefficient (Wildman–Crippen LogP) is 3.63. The summed E-state index contributed by atoms with van der Waals surface area (Å²) in [5.74, 6) is 1.11. The summed E-state index contributed by atoms with van der Waals surface area (Å²) in [6.07, 6.45) is 6.02. The van der Waals surface area contributed by atoms with Gasteiger partial charge >= 0.3 is 0 Å². The van der Waals surface area contributed by atoms with Crippen LogP contribution in [0.4, 0.5) is 0 Å². The Morgan fingerprint density at radius 2 is 1.86 bits per heavy atom. The Kier molecular flexibility index (Phi) is 5.18. The summed E-state index contributed by atoms with van der Waals surface area (Å²) in [6.45, 7) is 9.80. The van der Waals surface area contributed by atoms with Crippen LogP contribution in [0.5, 0.6) is 0 Å². The lowest BCUT2D eigenvalue weighted by atomic mass is 9.94. The molecule has 0 bridgehead atoms. The Morgan fingerprint density at radius 1 is 1.19 bits per heavy atom. The van der Waals surface area contributed by atoms with Crippen LogP contribution in [0.25, 0.3) is 0 Å². The van der Waals surface area contributed by atoms with Gasteiger partial charge in [-0.1, -0.05) is 24.6 Å². The molecule has 0 amide bonds. The molecule has 1 N–H and O–H groups in total. The highest BCUT2D eigenvalue weighted by molar-refractivity contribution is 5.38. The first-order valence-electron chi connectivity index (χ1n) is 7.80. The molecule has 0 spiro atoms. The van der Waals surface area contributed by atoms with Gasteiger partial charge < -0.3 is 9.88 Å². The third-order valence-electron chi connectivity index (χ3n) is 4.06. The Balaban J connectivity index is 2.29. The SMILES string of the molecule is CCCNC(Cc1c(C)cc(C)cc1C)c1nccn1C. The van der Waals surface area contributed by atoms with E-state index in [2.05, 4.69) is 61.7 Å². The maximum absolute atomic E-state index is 4.54. The molecule has 0 fully saturated rings. The molecule has 1 aromatic heterocycles. The van der Waals surface area contributed by atoms with Crippen LogP contribution < -0.4 is 5.32 Å². The lowest BCUT2D eigenvalue weighted by Gasteiger charge is -2.21. The minimum atomic E-state index is 0.269. The van der Waals surface area contributed by atoms with Gasteiger partial charge in [0.2, 0.25) is 0 Å². The number of hydrogen-bond acceptors (Lipinski definition) is 2. The highest BCUT2D eigenvalue weighted by atomic mass is 15.1. The van der Waals surface area contributed by atoms with E-state index >= 15 is 0 Å². The van der Waals surface area contributed by atoms with Crippen LogP contribution in [0, 0.1) is 20.8 Å². The first-order chi connectivity index (χ1) is 10.0. The van der Waals surface area contributed by atoms with Crippen LogP contribution in [0.3, 0.4) is 0 Å². The van der Waals surface area contributed by atoms with Gasteiger partial charge in [-0.25, -0.2) is 4.98 Å². The van der Waals surface area contributed by atoms with Crippen LogP contribution in [0.15, 0.2) is 24.5 Å². The Morgan fingerprint density at radius 3 is 2.38 bits per heavy atom. The normalized spacial score (nSPS) is 12.6. The molecule has 0 aliphatic rings. The van der Waals surface area contributed by atoms with Crippen LogP contribution in [0.2, 0.25) is 0 Å². The Labute approximate surface area is 128 Å². The lowest BCUT2D eigenvalue weighted by molar-refractivity contribution is 0.490. The molecule has 0 saturated carbocycles. The Hall–Kier alpha value is -1.61. The van der Waals surface area contributed by atoms with Crippen molar-refractivity contribution in [3.63, 3.8) is 0 Å². The molecule has 0 aliphatic carbocycles. The smallest absolute Gasteiger partial charge is 0.125 e. The predicted molar refractivity (Wildman–Crippen MR) is 88.6 cm³/mol. The van der Waals surface area contributed by atoms with Crippen LogP contribution >= 0.6 is 0 Å². The van der Waals surface area contributed by atoms with Crippen molar-refractivity contribution in [2.75, 3.05) is 6.54 Å². The van der Waals surface area contributed by atoms with E-state index in [1.165, 1.54) is 22.3 Å². The quantitative estimate of drug-likeness (QED) is 0.878. The second kappa shape index (κ2) is 6.90. The molecule has 1 atom stereocenters. The second-order valence-electron chi connectivity index (χ2n) is 5.98. The summed E-state index contributed by atoms with van der Waals surface area (Å²) in [6, 6.07) is 4.82. The first kappa shape index (κ1) is 15.8. The third kappa shape index (κ3) is 3.73. The summed E-state index contributed by atoms with van der Waals surface area (Å²) in [5.41, 5.74) is 5.54. The van der Waals surface area contributed by atoms with Gasteiger partial charge in [-0.2, -0.15) is 0 Å². The molecule has 1 unspecified atom stereocenters. The zero-order valence-corrected chi connectivity index (χ0v) is 13.9. The number of nitrogens with one attached hydrogen (secondary N) is 1.